The van der Waals surface area contributed by atoms with E-state index in [0.717, 1.165) is 25.7 Å². The van der Waals surface area contributed by atoms with Gasteiger partial charge < -0.3 is 10.4 Å². The lowest BCUT2D eigenvalue weighted by atomic mass is 9.91. The van der Waals surface area contributed by atoms with Gasteiger partial charge in [-0.25, -0.2) is 0 Å². The Morgan fingerprint density at radius 2 is 2.00 bits per heavy atom. The number of hydrogen-bond acceptors (Lipinski definition) is 3. The number of likely N-dealkylation sites (tertiary alicyclic amines) is 1. The molecule has 3 atom stereocenters. The minimum Gasteiger partial charge on any atom is -0.389 e. The second-order valence-corrected chi connectivity index (χ2v) is 6.17. The Morgan fingerprint density at radius 3 is 2.69 bits per heavy atom. The van der Waals surface area contributed by atoms with E-state index in [9.17, 15) is 5.11 Å². The van der Waals surface area contributed by atoms with Gasteiger partial charge in [-0.05, 0) is 38.6 Å². The number of β-amino-alcohol motifs (C(OH)–C–C–N with tert-alkyl or cyclic N) is 1. The molecule has 0 aromatic carbocycles. The summed E-state index contributed by atoms with van der Waals surface area (Å²) in [6, 6.07) is 1.40. The van der Waals surface area contributed by atoms with Crippen LogP contribution >= 0.6 is 0 Å². The first-order chi connectivity index (χ1) is 7.47. The van der Waals surface area contributed by atoms with Crippen LogP contribution in [-0.4, -0.2) is 47.3 Å². The van der Waals surface area contributed by atoms with Crippen molar-refractivity contribution in [1.82, 2.24) is 10.2 Å². The molecule has 2 N–H and O–H groups in total. The fourth-order valence-corrected chi connectivity index (χ4v) is 2.79. The van der Waals surface area contributed by atoms with Crippen molar-refractivity contribution in [2.24, 2.45) is 5.92 Å². The molecule has 0 aromatic heterocycles. The van der Waals surface area contributed by atoms with Crippen LogP contribution in [0.1, 0.15) is 40.0 Å². The number of nitrogens with zero attached hydrogens (tertiary/aromatic N) is 1. The number of nitrogens with one attached hydrogen (secondary N) is 1. The standard InChI is InChI=1S/C13H26N2O/c1-10(2)13(3,16)9-15-7-6-11-4-5-12(8-15)14-11/h10-12,14,16H,4-9H2,1-3H3. The maximum atomic E-state index is 10.3. The van der Waals surface area contributed by atoms with Crippen LogP contribution in [0.4, 0.5) is 0 Å². The monoisotopic (exact) mass is 226 g/mol. The second kappa shape index (κ2) is 4.63. The third kappa shape index (κ3) is 2.76. The van der Waals surface area contributed by atoms with E-state index >= 15 is 0 Å². The molecule has 3 unspecified atom stereocenters. The molecule has 16 heavy (non-hydrogen) atoms. The number of aliphatic hydroxyl groups is 1. The third-order valence-electron chi connectivity index (χ3n) is 4.39. The lowest BCUT2D eigenvalue weighted by molar-refractivity contribution is -0.0195. The van der Waals surface area contributed by atoms with E-state index < -0.39 is 5.60 Å². The highest BCUT2D eigenvalue weighted by Crippen LogP contribution is 2.23. The Morgan fingerprint density at radius 1 is 1.31 bits per heavy atom. The van der Waals surface area contributed by atoms with Gasteiger partial charge in [-0.3, -0.25) is 4.90 Å². The van der Waals surface area contributed by atoms with Gasteiger partial charge >= 0.3 is 0 Å². The minimum atomic E-state index is -0.552. The first kappa shape index (κ1) is 12.3. The fraction of sp³-hybridized carbons (Fsp3) is 1.00. The summed E-state index contributed by atoms with van der Waals surface area (Å²) in [7, 11) is 0. The topological polar surface area (TPSA) is 35.5 Å². The molecular formula is C13H26N2O. The molecule has 0 spiro atoms. The summed E-state index contributed by atoms with van der Waals surface area (Å²) in [6.45, 7) is 9.23. The molecule has 2 saturated heterocycles. The second-order valence-electron chi connectivity index (χ2n) is 6.17. The summed E-state index contributed by atoms with van der Waals surface area (Å²) >= 11 is 0. The largest absolute Gasteiger partial charge is 0.389 e. The average molecular weight is 226 g/mol. The molecule has 2 heterocycles. The van der Waals surface area contributed by atoms with Gasteiger partial charge in [0.05, 0.1) is 5.60 Å². The predicted octanol–water partition coefficient (Wildman–Crippen LogP) is 1.22. The van der Waals surface area contributed by atoms with Gasteiger partial charge in [-0.1, -0.05) is 13.8 Å². The fourth-order valence-electron chi connectivity index (χ4n) is 2.79. The van der Waals surface area contributed by atoms with Crippen molar-refractivity contribution >= 4 is 0 Å². The Labute approximate surface area is 99.2 Å². The van der Waals surface area contributed by atoms with Gasteiger partial charge in [0, 0.05) is 25.2 Å². The van der Waals surface area contributed by atoms with Crippen LogP contribution in [0, 0.1) is 5.92 Å². The van der Waals surface area contributed by atoms with Crippen LogP contribution in [0.2, 0.25) is 0 Å². The van der Waals surface area contributed by atoms with Gasteiger partial charge in [0.25, 0.3) is 0 Å². The van der Waals surface area contributed by atoms with Gasteiger partial charge in [0.1, 0.15) is 0 Å². The molecule has 0 amide bonds. The van der Waals surface area contributed by atoms with Crippen molar-refractivity contribution < 1.29 is 5.11 Å². The molecule has 0 aromatic rings. The minimum absolute atomic E-state index is 0.320. The van der Waals surface area contributed by atoms with E-state index in [1.54, 1.807) is 0 Å². The van der Waals surface area contributed by atoms with Gasteiger partial charge in [-0.2, -0.15) is 0 Å². The lowest BCUT2D eigenvalue weighted by Gasteiger charge is -2.35. The third-order valence-corrected chi connectivity index (χ3v) is 4.39. The van der Waals surface area contributed by atoms with Crippen molar-refractivity contribution in [3.8, 4) is 0 Å². The normalized spacial score (nSPS) is 35.1. The molecule has 94 valence electrons. The van der Waals surface area contributed by atoms with Crippen molar-refractivity contribution in [3.63, 3.8) is 0 Å². The number of fused-ring (bicyclic) bond motifs is 2. The SMILES string of the molecule is CC(C)C(C)(O)CN1CCC2CCC(C1)N2. The van der Waals surface area contributed by atoms with Crippen LogP contribution in [0.3, 0.4) is 0 Å². The van der Waals surface area contributed by atoms with E-state index in [-0.39, 0.29) is 0 Å². The summed E-state index contributed by atoms with van der Waals surface area (Å²) in [6.07, 6.45) is 3.90. The highest BCUT2D eigenvalue weighted by atomic mass is 16.3. The molecule has 0 saturated carbocycles. The van der Waals surface area contributed by atoms with Gasteiger partial charge in [0.15, 0.2) is 0 Å². The highest BCUT2D eigenvalue weighted by molar-refractivity contribution is 4.91. The zero-order chi connectivity index (χ0) is 11.8. The summed E-state index contributed by atoms with van der Waals surface area (Å²) in [5.41, 5.74) is -0.552. The van der Waals surface area contributed by atoms with Crippen molar-refractivity contribution in [1.29, 1.82) is 0 Å². The summed E-state index contributed by atoms with van der Waals surface area (Å²) in [5, 5.41) is 14.0. The first-order valence-electron chi connectivity index (χ1n) is 6.68. The highest BCUT2D eigenvalue weighted by Gasteiger charge is 2.33. The summed E-state index contributed by atoms with van der Waals surface area (Å²) < 4.78 is 0. The van der Waals surface area contributed by atoms with E-state index in [4.69, 9.17) is 0 Å². The Hall–Kier alpha value is -0.120. The predicted molar refractivity (Wildman–Crippen MR) is 66.5 cm³/mol. The van der Waals surface area contributed by atoms with Crippen molar-refractivity contribution in [2.45, 2.75) is 57.7 Å². The molecule has 2 fully saturated rings. The maximum absolute atomic E-state index is 10.3. The zero-order valence-corrected chi connectivity index (χ0v) is 10.9. The zero-order valence-electron chi connectivity index (χ0n) is 10.9. The van der Waals surface area contributed by atoms with Crippen LogP contribution in [0.25, 0.3) is 0 Å². The summed E-state index contributed by atoms with van der Waals surface area (Å²) in [5.74, 6) is 0.320. The van der Waals surface area contributed by atoms with E-state index in [1.165, 1.54) is 19.3 Å². The molecule has 3 nitrogen and oxygen atoms in total. The van der Waals surface area contributed by atoms with E-state index in [1.807, 2.05) is 6.92 Å². The molecule has 2 aliphatic rings. The molecule has 3 heteroatoms. The molecular weight excluding hydrogens is 200 g/mol. The van der Waals surface area contributed by atoms with E-state index in [0.29, 0.717) is 12.0 Å². The molecule has 2 rings (SSSR count). The molecule has 0 radical (unpaired) electrons. The Balaban J connectivity index is 1.90. The smallest absolute Gasteiger partial charge is 0.0768 e. The number of rotatable bonds is 3. The van der Waals surface area contributed by atoms with Crippen LogP contribution in [-0.2, 0) is 0 Å². The number of hydrogen-bond donors (Lipinski definition) is 2. The maximum Gasteiger partial charge on any atom is 0.0768 e. The quantitative estimate of drug-likeness (QED) is 0.759. The van der Waals surface area contributed by atoms with Crippen molar-refractivity contribution in [3.05, 3.63) is 0 Å². The Kier molecular flexibility index (Phi) is 3.57. The van der Waals surface area contributed by atoms with Crippen molar-refractivity contribution in [2.75, 3.05) is 19.6 Å². The van der Waals surface area contributed by atoms with E-state index in [2.05, 4.69) is 24.1 Å². The molecule has 2 bridgehead atoms. The average Bonchev–Trinajstić information content (AvgIpc) is 2.50. The van der Waals surface area contributed by atoms with Gasteiger partial charge in [0.2, 0.25) is 0 Å². The molecule has 2 aliphatic heterocycles. The van der Waals surface area contributed by atoms with Crippen LogP contribution < -0.4 is 5.32 Å². The summed E-state index contributed by atoms with van der Waals surface area (Å²) in [4.78, 5) is 2.44. The molecule has 0 aliphatic carbocycles. The van der Waals surface area contributed by atoms with Gasteiger partial charge in [-0.15, -0.1) is 0 Å². The van der Waals surface area contributed by atoms with Crippen LogP contribution in [0.15, 0.2) is 0 Å². The first-order valence-corrected chi connectivity index (χ1v) is 6.68. The Bertz CT molecular complexity index is 240. The van der Waals surface area contributed by atoms with Crippen LogP contribution in [0.5, 0.6) is 0 Å². The lowest BCUT2D eigenvalue weighted by Crippen LogP contribution is -2.47.